The predicted molar refractivity (Wildman–Crippen MR) is 90.5 cm³/mol. The lowest BCUT2D eigenvalue weighted by Gasteiger charge is -2.09. The van der Waals surface area contributed by atoms with Crippen LogP contribution in [0.2, 0.25) is 10.0 Å². The van der Waals surface area contributed by atoms with Crippen molar-refractivity contribution in [2.75, 3.05) is 19.0 Å². The highest BCUT2D eigenvalue weighted by Gasteiger charge is 2.09. The van der Waals surface area contributed by atoms with E-state index in [1.54, 1.807) is 18.2 Å². The van der Waals surface area contributed by atoms with Crippen molar-refractivity contribution in [2.45, 2.75) is 6.42 Å². The number of halogens is 2. The molecule has 0 saturated carbocycles. The van der Waals surface area contributed by atoms with Crippen molar-refractivity contribution in [2.24, 2.45) is 0 Å². The highest BCUT2D eigenvalue weighted by Crippen LogP contribution is 2.27. The van der Waals surface area contributed by atoms with Crippen LogP contribution in [0.1, 0.15) is 5.56 Å². The number of anilines is 1. The number of benzene rings is 1. The monoisotopic (exact) mass is 368 g/mol. The fourth-order valence-electron chi connectivity index (χ4n) is 1.82. The van der Waals surface area contributed by atoms with Crippen LogP contribution in [-0.4, -0.2) is 30.6 Å². The highest BCUT2D eigenvalue weighted by atomic mass is 35.5. The molecule has 0 unspecified atom stereocenters. The van der Waals surface area contributed by atoms with Crippen LogP contribution < -0.4 is 10.1 Å². The summed E-state index contributed by atoms with van der Waals surface area (Å²) in [5.74, 6) is -0.423. The average molecular weight is 369 g/mol. The summed E-state index contributed by atoms with van der Waals surface area (Å²) in [4.78, 5) is 27.1. The maximum Gasteiger partial charge on any atom is 0.310 e. The molecule has 0 bridgehead atoms. The molecule has 0 fully saturated rings. The van der Waals surface area contributed by atoms with Crippen LogP contribution in [-0.2, 0) is 20.7 Å². The number of esters is 1. The van der Waals surface area contributed by atoms with Crippen molar-refractivity contribution >= 4 is 40.8 Å². The van der Waals surface area contributed by atoms with Gasteiger partial charge in [0.15, 0.2) is 6.61 Å². The Bertz CT molecular complexity index is 753. The number of nitrogens with zero attached hydrogens (tertiary/aromatic N) is 1. The SMILES string of the molecule is COC(=O)Cc1cncc(NC(=O)COc2ccc(Cl)cc2Cl)c1. The first kappa shape index (κ1) is 18.0. The molecule has 1 N–H and O–H groups in total. The van der Waals surface area contributed by atoms with Gasteiger partial charge in [0.2, 0.25) is 0 Å². The first-order chi connectivity index (χ1) is 11.5. The molecule has 0 radical (unpaired) electrons. The number of methoxy groups -OCH3 is 1. The van der Waals surface area contributed by atoms with Crippen molar-refractivity contribution in [1.29, 1.82) is 0 Å². The molecular weight excluding hydrogens is 355 g/mol. The summed E-state index contributed by atoms with van der Waals surface area (Å²) in [7, 11) is 1.31. The van der Waals surface area contributed by atoms with E-state index in [2.05, 4.69) is 15.0 Å². The van der Waals surface area contributed by atoms with Gasteiger partial charge in [-0.05, 0) is 29.8 Å². The van der Waals surface area contributed by atoms with E-state index in [4.69, 9.17) is 27.9 Å². The number of hydrogen-bond acceptors (Lipinski definition) is 5. The van der Waals surface area contributed by atoms with Crippen LogP contribution in [0.3, 0.4) is 0 Å². The second-order valence-electron chi connectivity index (χ2n) is 4.75. The van der Waals surface area contributed by atoms with E-state index in [-0.39, 0.29) is 19.0 Å². The lowest BCUT2D eigenvalue weighted by Crippen LogP contribution is -2.20. The van der Waals surface area contributed by atoms with Gasteiger partial charge in [-0.15, -0.1) is 0 Å². The molecule has 2 rings (SSSR count). The van der Waals surface area contributed by atoms with E-state index in [0.717, 1.165) is 0 Å². The number of hydrogen-bond donors (Lipinski definition) is 1. The molecule has 0 saturated heterocycles. The Kier molecular flexibility index (Phi) is 6.40. The second kappa shape index (κ2) is 8.52. The van der Waals surface area contributed by atoms with E-state index in [1.165, 1.54) is 25.6 Å². The minimum atomic E-state index is -0.391. The van der Waals surface area contributed by atoms with Gasteiger partial charge in [-0.25, -0.2) is 0 Å². The smallest absolute Gasteiger partial charge is 0.310 e. The molecule has 0 aliphatic carbocycles. The number of aromatic nitrogens is 1. The van der Waals surface area contributed by atoms with Gasteiger partial charge < -0.3 is 14.8 Å². The molecule has 6 nitrogen and oxygen atoms in total. The molecule has 8 heteroatoms. The molecule has 126 valence electrons. The normalized spacial score (nSPS) is 10.1. The van der Waals surface area contributed by atoms with Crippen LogP contribution in [0.25, 0.3) is 0 Å². The molecule has 0 aliphatic rings. The summed E-state index contributed by atoms with van der Waals surface area (Å²) in [6.07, 6.45) is 3.06. The van der Waals surface area contributed by atoms with Gasteiger partial charge in [0.25, 0.3) is 5.91 Å². The Morgan fingerprint density at radius 3 is 2.71 bits per heavy atom. The number of carbonyl (C=O) groups excluding carboxylic acids is 2. The van der Waals surface area contributed by atoms with Gasteiger partial charge in [-0.2, -0.15) is 0 Å². The van der Waals surface area contributed by atoms with Crippen molar-refractivity contribution in [3.8, 4) is 5.75 Å². The largest absolute Gasteiger partial charge is 0.482 e. The lowest BCUT2D eigenvalue weighted by molar-refractivity contribution is -0.139. The Labute approximate surface area is 148 Å². The number of nitrogens with one attached hydrogen (secondary N) is 1. The molecule has 1 amide bonds. The fourth-order valence-corrected chi connectivity index (χ4v) is 2.29. The number of amides is 1. The van der Waals surface area contributed by atoms with Gasteiger partial charge >= 0.3 is 5.97 Å². The minimum absolute atomic E-state index is 0.0735. The van der Waals surface area contributed by atoms with Crippen LogP contribution in [0.15, 0.2) is 36.7 Å². The van der Waals surface area contributed by atoms with E-state index in [9.17, 15) is 9.59 Å². The molecule has 1 aromatic heterocycles. The standard InChI is InChI=1S/C16H14Cl2N2O4/c1-23-16(22)5-10-4-12(8-19-7-10)20-15(21)9-24-14-3-2-11(17)6-13(14)18/h2-4,6-8H,5,9H2,1H3,(H,20,21). The van der Waals surface area contributed by atoms with Gasteiger partial charge in [0.1, 0.15) is 5.75 Å². The summed E-state index contributed by atoms with van der Waals surface area (Å²) >= 11 is 11.8. The van der Waals surface area contributed by atoms with Crippen LogP contribution in [0.5, 0.6) is 5.75 Å². The van der Waals surface area contributed by atoms with E-state index in [0.29, 0.717) is 27.0 Å². The van der Waals surface area contributed by atoms with Crippen molar-refractivity contribution in [3.05, 3.63) is 52.3 Å². The molecule has 24 heavy (non-hydrogen) atoms. The summed E-state index contributed by atoms with van der Waals surface area (Å²) in [5, 5.41) is 3.42. The summed E-state index contributed by atoms with van der Waals surface area (Å²) in [6.45, 7) is -0.234. The van der Waals surface area contributed by atoms with Crippen LogP contribution in [0.4, 0.5) is 5.69 Å². The van der Waals surface area contributed by atoms with Crippen LogP contribution in [0, 0.1) is 0 Å². The zero-order valence-corrected chi connectivity index (χ0v) is 14.2. The topological polar surface area (TPSA) is 77.5 Å². The second-order valence-corrected chi connectivity index (χ2v) is 5.59. The summed E-state index contributed by atoms with van der Waals surface area (Å²) < 4.78 is 9.93. The third-order valence-electron chi connectivity index (χ3n) is 2.91. The maximum atomic E-state index is 11.9. The molecule has 0 atom stereocenters. The molecule has 2 aromatic rings. The summed E-state index contributed by atoms with van der Waals surface area (Å²) in [5.41, 5.74) is 1.08. The first-order valence-electron chi connectivity index (χ1n) is 6.86. The Hall–Kier alpha value is -2.31. The van der Waals surface area contributed by atoms with Gasteiger partial charge in [0.05, 0.1) is 30.4 Å². The summed E-state index contributed by atoms with van der Waals surface area (Å²) in [6, 6.07) is 6.35. The average Bonchev–Trinajstić information content (AvgIpc) is 2.54. The first-order valence-corrected chi connectivity index (χ1v) is 7.62. The molecule has 1 heterocycles. The van der Waals surface area contributed by atoms with Gasteiger partial charge in [0, 0.05) is 11.2 Å². The third-order valence-corrected chi connectivity index (χ3v) is 3.44. The Morgan fingerprint density at radius 2 is 2.00 bits per heavy atom. The number of pyridine rings is 1. The molecule has 1 aromatic carbocycles. The molecule has 0 spiro atoms. The number of ether oxygens (including phenoxy) is 2. The van der Waals surface area contributed by atoms with Gasteiger partial charge in [-0.1, -0.05) is 23.2 Å². The minimum Gasteiger partial charge on any atom is -0.482 e. The Balaban J connectivity index is 1.92. The Morgan fingerprint density at radius 1 is 1.21 bits per heavy atom. The quantitative estimate of drug-likeness (QED) is 0.792. The number of rotatable bonds is 6. The van der Waals surface area contributed by atoms with E-state index in [1.807, 2.05) is 0 Å². The van der Waals surface area contributed by atoms with Crippen LogP contribution >= 0.6 is 23.2 Å². The zero-order chi connectivity index (χ0) is 17.5. The lowest BCUT2D eigenvalue weighted by atomic mass is 10.2. The number of carbonyl (C=O) groups is 2. The van der Waals surface area contributed by atoms with E-state index >= 15 is 0 Å². The van der Waals surface area contributed by atoms with Crippen molar-refractivity contribution < 1.29 is 19.1 Å². The van der Waals surface area contributed by atoms with Crippen molar-refractivity contribution in [3.63, 3.8) is 0 Å². The van der Waals surface area contributed by atoms with E-state index < -0.39 is 5.91 Å². The van der Waals surface area contributed by atoms with Gasteiger partial charge in [-0.3, -0.25) is 14.6 Å². The van der Waals surface area contributed by atoms with Crippen molar-refractivity contribution in [1.82, 2.24) is 4.98 Å². The molecular formula is C16H14Cl2N2O4. The molecule has 0 aliphatic heterocycles. The highest BCUT2D eigenvalue weighted by molar-refractivity contribution is 6.35. The zero-order valence-electron chi connectivity index (χ0n) is 12.7. The third kappa shape index (κ3) is 5.40. The maximum absolute atomic E-state index is 11.9. The predicted octanol–water partition coefficient (Wildman–Crippen LogP) is 3.12. The fraction of sp³-hybridized carbons (Fsp3) is 0.188.